The van der Waals surface area contributed by atoms with E-state index in [1.54, 1.807) is 0 Å². The molecule has 0 spiro atoms. The van der Waals surface area contributed by atoms with E-state index in [0.29, 0.717) is 10.6 Å². The summed E-state index contributed by atoms with van der Waals surface area (Å²) >= 11 is 2.75. The molecule has 0 aliphatic heterocycles. The standard InChI is InChI=1S/C16H12N2O4S3/c1-10(19)11-4-6-12(7-5-11)25(21,22)18-15(20)13-9-24-16(17-13)14-3-2-8-23-14/h2-9H,1H3,(H,18,20). The van der Waals surface area contributed by atoms with E-state index >= 15 is 0 Å². The van der Waals surface area contributed by atoms with Crippen LogP contribution in [0.25, 0.3) is 9.88 Å². The first-order valence-corrected chi connectivity index (χ1v) is 10.3. The molecule has 0 aliphatic rings. The summed E-state index contributed by atoms with van der Waals surface area (Å²) < 4.78 is 26.6. The minimum atomic E-state index is -4.04. The van der Waals surface area contributed by atoms with Gasteiger partial charge in [-0.15, -0.1) is 22.7 Å². The summed E-state index contributed by atoms with van der Waals surface area (Å²) in [6.07, 6.45) is 0. The number of sulfonamides is 1. The molecule has 0 saturated carbocycles. The average molecular weight is 392 g/mol. The minimum absolute atomic E-state index is 0.0392. The smallest absolute Gasteiger partial charge is 0.284 e. The number of Topliss-reactive ketones (excluding diaryl/α,β-unsaturated/α-hetero) is 1. The molecular formula is C16H12N2O4S3. The van der Waals surface area contributed by atoms with Crippen LogP contribution in [0.15, 0.2) is 52.1 Å². The molecule has 1 amide bonds. The van der Waals surface area contributed by atoms with Gasteiger partial charge in [-0.3, -0.25) is 9.59 Å². The number of hydrogen-bond donors (Lipinski definition) is 1. The second-order valence-electron chi connectivity index (χ2n) is 5.03. The van der Waals surface area contributed by atoms with Crippen molar-refractivity contribution in [3.8, 4) is 9.88 Å². The van der Waals surface area contributed by atoms with Crippen LogP contribution in [0.5, 0.6) is 0 Å². The largest absolute Gasteiger partial charge is 0.295 e. The highest BCUT2D eigenvalue weighted by Gasteiger charge is 2.21. The van der Waals surface area contributed by atoms with Gasteiger partial charge in [-0.2, -0.15) is 0 Å². The van der Waals surface area contributed by atoms with Crippen LogP contribution in [0, 0.1) is 0 Å². The van der Waals surface area contributed by atoms with Crippen LogP contribution in [-0.2, 0) is 10.0 Å². The maximum absolute atomic E-state index is 12.3. The Kier molecular flexibility index (Phi) is 4.80. The summed E-state index contributed by atoms with van der Waals surface area (Å²) in [5.74, 6) is -0.966. The van der Waals surface area contributed by atoms with Crippen molar-refractivity contribution in [2.75, 3.05) is 0 Å². The van der Waals surface area contributed by atoms with Gasteiger partial charge in [0.2, 0.25) is 0 Å². The number of carbonyl (C=O) groups is 2. The number of carbonyl (C=O) groups excluding carboxylic acids is 2. The van der Waals surface area contributed by atoms with E-state index in [9.17, 15) is 18.0 Å². The third-order valence-corrected chi connectivity index (χ3v) is 6.50. The molecule has 2 aromatic heterocycles. The molecule has 2 heterocycles. The number of benzene rings is 1. The number of hydrogen-bond acceptors (Lipinski definition) is 7. The predicted molar refractivity (Wildman–Crippen MR) is 96.5 cm³/mol. The topological polar surface area (TPSA) is 93.2 Å². The van der Waals surface area contributed by atoms with Gasteiger partial charge < -0.3 is 0 Å². The fourth-order valence-corrected chi connectivity index (χ4v) is 4.57. The Morgan fingerprint density at radius 2 is 1.80 bits per heavy atom. The molecule has 1 aromatic carbocycles. The van der Waals surface area contributed by atoms with Gasteiger partial charge in [0.05, 0.1) is 9.77 Å². The molecule has 9 heteroatoms. The molecule has 0 radical (unpaired) electrons. The Bertz CT molecular complexity index is 1020. The third-order valence-electron chi connectivity index (χ3n) is 3.27. The fraction of sp³-hybridized carbons (Fsp3) is 0.0625. The first-order chi connectivity index (χ1) is 11.9. The Balaban J connectivity index is 1.78. The highest BCUT2D eigenvalue weighted by atomic mass is 32.2. The van der Waals surface area contributed by atoms with Gasteiger partial charge >= 0.3 is 0 Å². The minimum Gasteiger partial charge on any atom is -0.295 e. The first-order valence-electron chi connectivity index (χ1n) is 7.04. The van der Waals surface area contributed by atoms with E-state index in [1.165, 1.54) is 59.2 Å². The van der Waals surface area contributed by atoms with Gasteiger partial charge in [0, 0.05) is 10.9 Å². The predicted octanol–water partition coefficient (Wildman–Crippen LogP) is 3.19. The summed E-state index contributed by atoms with van der Waals surface area (Å²) in [4.78, 5) is 28.4. The molecule has 0 unspecified atom stereocenters. The van der Waals surface area contributed by atoms with E-state index < -0.39 is 15.9 Å². The Labute approximate surface area is 152 Å². The van der Waals surface area contributed by atoms with Gasteiger partial charge in [-0.25, -0.2) is 18.1 Å². The molecule has 1 N–H and O–H groups in total. The monoisotopic (exact) mass is 392 g/mol. The number of nitrogens with one attached hydrogen (secondary N) is 1. The second kappa shape index (κ2) is 6.87. The van der Waals surface area contributed by atoms with Crippen molar-refractivity contribution < 1.29 is 18.0 Å². The van der Waals surface area contributed by atoms with Crippen LogP contribution < -0.4 is 4.72 Å². The molecule has 25 heavy (non-hydrogen) atoms. The third kappa shape index (κ3) is 3.84. The first kappa shape index (κ1) is 17.5. The lowest BCUT2D eigenvalue weighted by Gasteiger charge is -2.06. The lowest BCUT2D eigenvalue weighted by atomic mass is 10.2. The molecule has 0 bridgehead atoms. The summed E-state index contributed by atoms with van der Waals surface area (Å²) in [5.41, 5.74) is 0.433. The lowest BCUT2D eigenvalue weighted by molar-refractivity contribution is 0.0975. The summed E-state index contributed by atoms with van der Waals surface area (Å²) in [6, 6.07) is 9.11. The van der Waals surface area contributed by atoms with Crippen molar-refractivity contribution in [3.63, 3.8) is 0 Å². The second-order valence-corrected chi connectivity index (χ2v) is 8.52. The SMILES string of the molecule is CC(=O)c1ccc(S(=O)(=O)NC(=O)c2csc(-c3cccs3)n2)cc1. The van der Waals surface area contributed by atoms with Crippen LogP contribution >= 0.6 is 22.7 Å². The van der Waals surface area contributed by atoms with Gasteiger partial charge in [0.15, 0.2) is 5.78 Å². The lowest BCUT2D eigenvalue weighted by Crippen LogP contribution is -2.30. The van der Waals surface area contributed by atoms with Gasteiger partial charge in [0.25, 0.3) is 15.9 Å². The number of rotatable bonds is 5. The van der Waals surface area contributed by atoms with Crippen LogP contribution in [0.3, 0.4) is 0 Å². The van der Waals surface area contributed by atoms with Crippen LogP contribution in [0.2, 0.25) is 0 Å². The number of amides is 1. The molecule has 3 rings (SSSR count). The van der Waals surface area contributed by atoms with E-state index in [0.717, 1.165) is 4.88 Å². The van der Waals surface area contributed by atoms with Crippen molar-refractivity contribution in [2.24, 2.45) is 0 Å². The molecule has 128 valence electrons. The summed E-state index contributed by atoms with van der Waals surface area (Å²) in [5, 5.41) is 4.06. The zero-order valence-corrected chi connectivity index (χ0v) is 15.4. The molecular weight excluding hydrogens is 380 g/mol. The number of ketones is 1. The highest BCUT2D eigenvalue weighted by Crippen LogP contribution is 2.27. The van der Waals surface area contributed by atoms with Crippen LogP contribution in [0.1, 0.15) is 27.8 Å². The molecule has 6 nitrogen and oxygen atoms in total. The average Bonchev–Trinajstić information content (AvgIpc) is 3.25. The van der Waals surface area contributed by atoms with E-state index in [2.05, 4.69) is 4.98 Å². The number of thiazole rings is 1. The molecule has 3 aromatic rings. The van der Waals surface area contributed by atoms with Crippen molar-refractivity contribution in [1.29, 1.82) is 0 Å². The summed E-state index contributed by atoms with van der Waals surface area (Å²) in [7, 11) is -4.04. The van der Waals surface area contributed by atoms with Gasteiger partial charge in [-0.05, 0) is 30.5 Å². The normalized spacial score (nSPS) is 11.2. The Morgan fingerprint density at radius 1 is 1.08 bits per heavy atom. The van der Waals surface area contributed by atoms with Crippen molar-refractivity contribution in [2.45, 2.75) is 11.8 Å². The zero-order chi connectivity index (χ0) is 18.0. The van der Waals surface area contributed by atoms with Crippen molar-refractivity contribution in [3.05, 3.63) is 58.4 Å². The van der Waals surface area contributed by atoms with E-state index in [4.69, 9.17) is 0 Å². The van der Waals surface area contributed by atoms with Crippen LogP contribution in [-0.4, -0.2) is 25.1 Å². The maximum Gasteiger partial charge on any atom is 0.284 e. The number of aromatic nitrogens is 1. The van der Waals surface area contributed by atoms with Crippen molar-refractivity contribution in [1.82, 2.24) is 9.71 Å². The fourth-order valence-electron chi connectivity index (χ4n) is 1.99. The molecule has 0 atom stereocenters. The number of thiophene rings is 1. The molecule has 0 aliphatic carbocycles. The van der Waals surface area contributed by atoms with Gasteiger partial charge in [-0.1, -0.05) is 18.2 Å². The Morgan fingerprint density at radius 3 is 2.40 bits per heavy atom. The summed E-state index contributed by atoms with van der Waals surface area (Å²) in [6.45, 7) is 1.39. The quantitative estimate of drug-likeness (QED) is 0.673. The van der Waals surface area contributed by atoms with Gasteiger partial charge in [0.1, 0.15) is 10.7 Å². The Hall–Kier alpha value is -2.36. The highest BCUT2D eigenvalue weighted by molar-refractivity contribution is 7.90. The van der Waals surface area contributed by atoms with E-state index in [-0.39, 0.29) is 16.4 Å². The van der Waals surface area contributed by atoms with Crippen LogP contribution in [0.4, 0.5) is 0 Å². The number of nitrogens with zero attached hydrogens (tertiary/aromatic N) is 1. The molecule has 0 saturated heterocycles. The molecule has 0 fully saturated rings. The van der Waals surface area contributed by atoms with Crippen molar-refractivity contribution >= 4 is 44.4 Å². The zero-order valence-electron chi connectivity index (χ0n) is 12.9. The maximum atomic E-state index is 12.3. The van der Waals surface area contributed by atoms with E-state index in [1.807, 2.05) is 22.2 Å².